The highest BCUT2D eigenvalue weighted by Gasteiger charge is 2.22. The molecule has 17 heavy (non-hydrogen) atoms. The van der Waals surface area contributed by atoms with Gasteiger partial charge in [0.2, 0.25) is 0 Å². The van der Waals surface area contributed by atoms with E-state index in [4.69, 9.17) is 5.73 Å². The Morgan fingerprint density at radius 2 is 2.24 bits per heavy atom. The van der Waals surface area contributed by atoms with Gasteiger partial charge in [-0.05, 0) is 30.0 Å². The maximum atomic E-state index is 13.2. The molecule has 2 rings (SSSR count). The van der Waals surface area contributed by atoms with Gasteiger partial charge in [-0.1, -0.05) is 26.3 Å². The molecule has 2 atom stereocenters. The Labute approximate surface area is 103 Å². The fourth-order valence-electron chi connectivity index (χ4n) is 2.35. The number of anilines is 1. The molecule has 0 saturated heterocycles. The monoisotopic (exact) mass is 236 g/mol. The normalized spacial score (nSPS) is 18.0. The molecule has 0 bridgehead atoms. The van der Waals surface area contributed by atoms with Crippen LogP contribution < -0.4 is 10.6 Å². The van der Waals surface area contributed by atoms with Crippen LogP contribution in [0.15, 0.2) is 18.2 Å². The lowest BCUT2D eigenvalue weighted by molar-refractivity contribution is 0.440. The lowest BCUT2D eigenvalue weighted by atomic mass is 9.99. The van der Waals surface area contributed by atoms with Gasteiger partial charge in [-0.25, -0.2) is 4.39 Å². The summed E-state index contributed by atoms with van der Waals surface area (Å²) in [7, 11) is 0. The molecule has 1 heterocycles. The largest absolute Gasteiger partial charge is 0.369 e. The summed E-state index contributed by atoms with van der Waals surface area (Å²) in [6, 6.07) is 5.22. The van der Waals surface area contributed by atoms with Crippen molar-refractivity contribution in [3.63, 3.8) is 0 Å². The second-order valence-corrected chi connectivity index (χ2v) is 5.02. The zero-order valence-corrected chi connectivity index (χ0v) is 10.6. The summed E-state index contributed by atoms with van der Waals surface area (Å²) in [5.41, 5.74) is 8.44. The van der Waals surface area contributed by atoms with Crippen LogP contribution in [0.25, 0.3) is 0 Å². The quantitative estimate of drug-likeness (QED) is 0.870. The average Bonchev–Trinajstić information content (AvgIpc) is 2.71. The van der Waals surface area contributed by atoms with Gasteiger partial charge in [0.25, 0.3) is 0 Å². The van der Waals surface area contributed by atoms with Gasteiger partial charge in [-0.3, -0.25) is 0 Å². The van der Waals surface area contributed by atoms with Gasteiger partial charge in [0.15, 0.2) is 0 Å². The Bertz CT molecular complexity index is 392. The van der Waals surface area contributed by atoms with Crippen LogP contribution in [0.4, 0.5) is 10.1 Å². The lowest BCUT2D eigenvalue weighted by Gasteiger charge is -2.26. The molecule has 0 aliphatic carbocycles. The van der Waals surface area contributed by atoms with Gasteiger partial charge in [0.05, 0.1) is 0 Å². The molecule has 2 nitrogen and oxygen atoms in total. The summed E-state index contributed by atoms with van der Waals surface area (Å²) < 4.78 is 13.2. The van der Waals surface area contributed by atoms with Gasteiger partial charge in [-0.15, -0.1) is 0 Å². The molecule has 0 radical (unpaired) electrons. The van der Waals surface area contributed by atoms with Gasteiger partial charge in [0.1, 0.15) is 5.82 Å². The summed E-state index contributed by atoms with van der Waals surface area (Å²) >= 11 is 0. The molecular weight excluding hydrogens is 215 g/mol. The molecule has 1 aliphatic rings. The molecule has 0 spiro atoms. The van der Waals surface area contributed by atoms with Gasteiger partial charge < -0.3 is 10.6 Å². The summed E-state index contributed by atoms with van der Waals surface area (Å²) in [5.74, 6) is 0.348. The molecule has 1 aliphatic heterocycles. The highest BCUT2D eigenvalue weighted by atomic mass is 19.1. The third-order valence-corrected chi connectivity index (χ3v) is 3.85. The first-order chi connectivity index (χ1) is 8.11. The maximum Gasteiger partial charge on any atom is 0.125 e. The van der Waals surface area contributed by atoms with Crippen molar-refractivity contribution in [1.82, 2.24) is 0 Å². The standard InChI is InChI=1S/C14H21FN2/c1-3-10(2)13(16)9-17-7-6-11-4-5-12(15)8-14(11)17/h4-5,8,10,13H,3,6-7,9,16H2,1-2H3. The lowest BCUT2D eigenvalue weighted by Crippen LogP contribution is -2.40. The van der Waals surface area contributed by atoms with E-state index in [0.717, 1.165) is 31.6 Å². The molecule has 0 aromatic heterocycles. The Morgan fingerprint density at radius 1 is 1.47 bits per heavy atom. The molecule has 94 valence electrons. The Hall–Kier alpha value is -1.09. The van der Waals surface area contributed by atoms with Gasteiger partial charge in [0, 0.05) is 24.8 Å². The van der Waals surface area contributed by atoms with Crippen LogP contribution in [0.1, 0.15) is 25.8 Å². The molecule has 0 saturated carbocycles. The van der Waals surface area contributed by atoms with E-state index in [1.807, 2.05) is 6.07 Å². The van der Waals surface area contributed by atoms with Crippen molar-refractivity contribution in [3.8, 4) is 0 Å². The van der Waals surface area contributed by atoms with Crippen molar-refractivity contribution in [2.24, 2.45) is 11.7 Å². The second kappa shape index (κ2) is 5.05. The topological polar surface area (TPSA) is 29.3 Å². The van der Waals surface area contributed by atoms with E-state index in [-0.39, 0.29) is 11.9 Å². The molecule has 0 fully saturated rings. The number of rotatable bonds is 4. The van der Waals surface area contributed by atoms with Crippen molar-refractivity contribution in [3.05, 3.63) is 29.6 Å². The average molecular weight is 236 g/mol. The van der Waals surface area contributed by atoms with Crippen LogP contribution in [-0.2, 0) is 6.42 Å². The van der Waals surface area contributed by atoms with Crippen LogP contribution in [0.5, 0.6) is 0 Å². The third kappa shape index (κ3) is 2.60. The first-order valence-electron chi connectivity index (χ1n) is 6.40. The smallest absolute Gasteiger partial charge is 0.125 e. The number of fused-ring (bicyclic) bond motifs is 1. The predicted molar refractivity (Wildman–Crippen MR) is 69.7 cm³/mol. The number of halogens is 1. The first-order valence-corrected chi connectivity index (χ1v) is 6.40. The van der Waals surface area contributed by atoms with Crippen LogP contribution >= 0.6 is 0 Å². The van der Waals surface area contributed by atoms with Crippen LogP contribution in [-0.4, -0.2) is 19.1 Å². The van der Waals surface area contributed by atoms with E-state index < -0.39 is 0 Å². The van der Waals surface area contributed by atoms with Crippen molar-refractivity contribution in [1.29, 1.82) is 0 Å². The van der Waals surface area contributed by atoms with E-state index in [1.165, 1.54) is 11.6 Å². The molecule has 2 unspecified atom stereocenters. The number of nitrogens with zero attached hydrogens (tertiary/aromatic N) is 1. The van der Waals surface area contributed by atoms with Crippen molar-refractivity contribution in [2.45, 2.75) is 32.7 Å². The SMILES string of the molecule is CCC(C)C(N)CN1CCc2ccc(F)cc21. The molecule has 0 amide bonds. The number of hydrogen-bond acceptors (Lipinski definition) is 2. The summed E-state index contributed by atoms with van der Waals surface area (Å²) in [6.07, 6.45) is 2.09. The fourth-order valence-corrected chi connectivity index (χ4v) is 2.35. The Morgan fingerprint density at radius 3 is 2.94 bits per heavy atom. The summed E-state index contributed by atoms with van der Waals surface area (Å²) in [4.78, 5) is 2.22. The maximum absolute atomic E-state index is 13.2. The molecule has 1 aromatic rings. The Kier molecular flexibility index (Phi) is 3.67. The van der Waals surface area contributed by atoms with Crippen molar-refractivity contribution < 1.29 is 4.39 Å². The summed E-state index contributed by atoms with van der Waals surface area (Å²) in [6.45, 7) is 6.11. The highest BCUT2D eigenvalue weighted by molar-refractivity contribution is 5.58. The zero-order chi connectivity index (χ0) is 12.4. The highest BCUT2D eigenvalue weighted by Crippen LogP contribution is 2.29. The van der Waals surface area contributed by atoms with E-state index in [2.05, 4.69) is 18.7 Å². The summed E-state index contributed by atoms with van der Waals surface area (Å²) in [5, 5.41) is 0. The van der Waals surface area contributed by atoms with E-state index in [9.17, 15) is 4.39 Å². The number of nitrogens with two attached hydrogens (primary N) is 1. The number of hydrogen-bond donors (Lipinski definition) is 1. The van der Waals surface area contributed by atoms with Crippen molar-refractivity contribution in [2.75, 3.05) is 18.0 Å². The van der Waals surface area contributed by atoms with Gasteiger partial charge >= 0.3 is 0 Å². The van der Waals surface area contributed by atoms with Gasteiger partial charge in [-0.2, -0.15) is 0 Å². The minimum absolute atomic E-state index is 0.159. The van der Waals surface area contributed by atoms with Crippen LogP contribution in [0.2, 0.25) is 0 Å². The van der Waals surface area contributed by atoms with E-state index in [0.29, 0.717) is 5.92 Å². The minimum atomic E-state index is -0.159. The van der Waals surface area contributed by atoms with Crippen LogP contribution in [0, 0.1) is 11.7 Å². The number of benzene rings is 1. The molecule has 3 heteroatoms. The fraction of sp³-hybridized carbons (Fsp3) is 0.571. The van der Waals surface area contributed by atoms with Crippen molar-refractivity contribution >= 4 is 5.69 Å². The van der Waals surface area contributed by atoms with E-state index in [1.54, 1.807) is 6.07 Å². The van der Waals surface area contributed by atoms with E-state index >= 15 is 0 Å². The molecule has 1 aromatic carbocycles. The predicted octanol–water partition coefficient (Wildman–Crippen LogP) is 2.56. The minimum Gasteiger partial charge on any atom is -0.369 e. The molecule has 2 N–H and O–H groups in total. The third-order valence-electron chi connectivity index (χ3n) is 3.85. The second-order valence-electron chi connectivity index (χ2n) is 5.02. The van der Waals surface area contributed by atoms with Crippen LogP contribution in [0.3, 0.4) is 0 Å². The first kappa shape index (κ1) is 12.4. The molecular formula is C14H21FN2. The zero-order valence-electron chi connectivity index (χ0n) is 10.6. The Balaban J connectivity index is 2.09.